The number of rotatable bonds is 4. The van der Waals surface area contributed by atoms with Crippen LogP contribution in [-0.2, 0) is 0 Å². The molecule has 1 rings (SSSR count). The lowest BCUT2D eigenvalue weighted by molar-refractivity contribution is 0.0910. The molecule has 14 heavy (non-hydrogen) atoms. The summed E-state index contributed by atoms with van der Waals surface area (Å²) in [7, 11) is 0. The molecule has 6 nitrogen and oxygen atoms in total. The predicted octanol–water partition coefficient (Wildman–Crippen LogP) is -0.507. The Bertz CT molecular complexity index is 306. The number of aliphatic hydroxyl groups is 1. The van der Waals surface area contributed by atoms with Crippen LogP contribution >= 0.6 is 0 Å². The summed E-state index contributed by atoms with van der Waals surface area (Å²) in [6.07, 6.45) is 0.672. The average Bonchev–Trinajstić information content (AvgIpc) is 2.61. The number of hydrogen-bond donors (Lipinski definition) is 4. The molecular formula is C8H14N4O2. The molecule has 6 heteroatoms. The van der Waals surface area contributed by atoms with E-state index in [-0.39, 0.29) is 24.4 Å². The Balaban J connectivity index is 2.58. The molecule has 1 unspecified atom stereocenters. The zero-order chi connectivity index (χ0) is 10.6. The van der Waals surface area contributed by atoms with Gasteiger partial charge in [-0.2, -0.15) is 5.10 Å². The van der Waals surface area contributed by atoms with Gasteiger partial charge in [-0.25, -0.2) is 0 Å². The van der Waals surface area contributed by atoms with Crippen molar-refractivity contribution in [3.8, 4) is 0 Å². The molecule has 0 bridgehead atoms. The van der Waals surface area contributed by atoms with Crippen molar-refractivity contribution in [2.24, 2.45) is 0 Å². The second-order valence-electron chi connectivity index (χ2n) is 2.97. The zero-order valence-electron chi connectivity index (χ0n) is 7.95. The number of carbonyl (C=O) groups excluding carboxylic acids is 1. The highest BCUT2D eigenvalue weighted by Crippen LogP contribution is 2.01. The second kappa shape index (κ2) is 4.61. The fraction of sp³-hybridized carbons (Fsp3) is 0.500. The Labute approximate surface area is 81.5 Å². The minimum absolute atomic E-state index is 0.0775. The molecule has 78 valence electrons. The summed E-state index contributed by atoms with van der Waals surface area (Å²) in [6.45, 7) is 1.80. The van der Waals surface area contributed by atoms with Crippen molar-refractivity contribution in [3.63, 3.8) is 0 Å². The van der Waals surface area contributed by atoms with Crippen LogP contribution in [-0.4, -0.2) is 33.9 Å². The first-order valence-electron chi connectivity index (χ1n) is 4.40. The van der Waals surface area contributed by atoms with E-state index in [0.717, 1.165) is 0 Å². The molecule has 0 aliphatic heterocycles. The zero-order valence-corrected chi connectivity index (χ0v) is 7.95. The van der Waals surface area contributed by atoms with Gasteiger partial charge in [0.05, 0.1) is 12.6 Å². The number of carbonyl (C=O) groups is 1. The fourth-order valence-electron chi connectivity index (χ4n) is 0.993. The second-order valence-corrected chi connectivity index (χ2v) is 2.97. The highest BCUT2D eigenvalue weighted by molar-refractivity contribution is 5.93. The SMILES string of the molecule is CCC(CO)NC(=O)c1cc(N)n[nH]1. The van der Waals surface area contributed by atoms with Crippen molar-refractivity contribution < 1.29 is 9.90 Å². The lowest BCUT2D eigenvalue weighted by Crippen LogP contribution is -2.37. The minimum atomic E-state index is -0.310. The van der Waals surface area contributed by atoms with Crippen LogP contribution in [0, 0.1) is 0 Å². The number of aromatic nitrogens is 2. The molecule has 1 amide bonds. The van der Waals surface area contributed by atoms with Crippen LogP contribution in [0.15, 0.2) is 6.07 Å². The van der Waals surface area contributed by atoms with Gasteiger partial charge in [-0.3, -0.25) is 9.89 Å². The molecule has 5 N–H and O–H groups in total. The number of amides is 1. The quantitative estimate of drug-likeness (QED) is 0.523. The maximum absolute atomic E-state index is 11.4. The van der Waals surface area contributed by atoms with Crippen molar-refractivity contribution in [1.82, 2.24) is 15.5 Å². The number of nitrogens with one attached hydrogen (secondary N) is 2. The molecule has 0 saturated carbocycles. The Kier molecular flexibility index (Phi) is 3.47. The number of anilines is 1. The fourth-order valence-corrected chi connectivity index (χ4v) is 0.993. The van der Waals surface area contributed by atoms with Gasteiger partial charge in [0.15, 0.2) is 0 Å². The van der Waals surface area contributed by atoms with Gasteiger partial charge in [-0.05, 0) is 6.42 Å². The van der Waals surface area contributed by atoms with Crippen LogP contribution < -0.4 is 11.1 Å². The lowest BCUT2D eigenvalue weighted by atomic mass is 10.2. The van der Waals surface area contributed by atoms with Gasteiger partial charge in [0, 0.05) is 6.07 Å². The van der Waals surface area contributed by atoms with Gasteiger partial charge in [0.25, 0.3) is 5.91 Å². The molecule has 1 aromatic rings. The summed E-state index contributed by atoms with van der Waals surface area (Å²) >= 11 is 0. The molecule has 0 aliphatic carbocycles. The predicted molar refractivity (Wildman–Crippen MR) is 51.6 cm³/mol. The topological polar surface area (TPSA) is 104 Å². The molecular weight excluding hydrogens is 184 g/mol. The number of hydrogen-bond acceptors (Lipinski definition) is 4. The average molecular weight is 198 g/mol. The molecule has 0 fully saturated rings. The molecule has 0 spiro atoms. The smallest absolute Gasteiger partial charge is 0.269 e. The van der Waals surface area contributed by atoms with E-state index < -0.39 is 0 Å². The molecule has 0 aromatic carbocycles. The minimum Gasteiger partial charge on any atom is -0.394 e. The maximum atomic E-state index is 11.4. The van der Waals surface area contributed by atoms with Gasteiger partial charge >= 0.3 is 0 Å². The van der Waals surface area contributed by atoms with Gasteiger partial charge in [0.2, 0.25) is 0 Å². The van der Waals surface area contributed by atoms with E-state index in [1.807, 2.05) is 6.92 Å². The van der Waals surface area contributed by atoms with Crippen LogP contribution in [0.5, 0.6) is 0 Å². The van der Waals surface area contributed by atoms with Crippen molar-refractivity contribution in [2.45, 2.75) is 19.4 Å². The van der Waals surface area contributed by atoms with Crippen molar-refractivity contribution in [2.75, 3.05) is 12.3 Å². The Morgan fingerprint density at radius 3 is 3.00 bits per heavy atom. The molecule has 1 atom stereocenters. The van der Waals surface area contributed by atoms with E-state index in [1.54, 1.807) is 0 Å². The number of nitrogen functional groups attached to an aromatic ring is 1. The number of nitrogens with two attached hydrogens (primary N) is 1. The van der Waals surface area contributed by atoms with E-state index in [1.165, 1.54) is 6.07 Å². The summed E-state index contributed by atoms with van der Waals surface area (Å²) in [5, 5.41) is 17.6. The van der Waals surface area contributed by atoms with Gasteiger partial charge in [-0.15, -0.1) is 0 Å². The van der Waals surface area contributed by atoms with E-state index in [4.69, 9.17) is 10.8 Å². The summed E-state index contributed by atoms with van der Waals surface area (Å²) in [5.41, 5.74) is 5.64. The van der Waals surface area contributed by atoms with Crippen molar-refractivity contribution in [3.05, 3.63) is 11.8 Å². The normalized spacial score (nSPS) is 12.4. The molecule has 0 saturated heterocycles. The third-order valence-electron chi connectivity index (χ3n) is 1.89. The van der Waals surface area contributed by atoms with Crippen molar-refractivity contribution >= 4 is 11.7 Å². The van der Waals surface area contributed by atoms with Crippen LogP contribution in [0.3, 0.4) is 0 Å². The lowest BCUT2D eigenvalue weighted by Gasteiger charge is -2.12. The summed E-state index contributed by atoms with van der Waals surface area (Å²) < 4.78 is 0. The highest BCUT2D eigenvalue weighted by atomic mass is 16.3. The first-order valence-corrected chi connectivity index (χ1v) is 4.40. The molecule has 1 heterocycles. The number of aromatic amines is 1. The summed E-state index contributed by atoms with van der Waals surface area (Å²) in [5.74, 6) is -0.0395. The number of H-pyrrole nitrogens is 1. The van der Waals surface area contributed by atoms with Crippen LogP contribution in [0.1, 0.15) is 23.8 Å². The van der Waals surface area contributed by atoms with E-state index >= 15 is 0 Å². The van der Waals surface area contributed by atoms with Crippen molar-refractivity contribution in [1.29, 1.82) is 0 Å². The third kappa shape index (κ3) is 2.46. The van der Waals surface area contributed by atoms with E-state index in [2.05, 4.69) is 15.5 Å². The Morgan fingerprint density at radius 2 is 2.57 bits per heavy atom. The molecule has 0 radical (unpaired) electrons. The Morgan fingerprint density at radius 1 is 1.86 bits per heavy atom. The largest absolute Gasteiger partial charge is 0.394 e. The van der Waals surface area contributed by atoms with E-state index in [0.29, 0.717) is 12.1 Å². The summed E-state index contributed by atoms with van der Waals surface area (Å²) in [6, 6.07) is 1.21. The van der Waals surface area contributed by atoms with E-state index in [9.17, 15) is 4.79 Å². The molecule has 0 aliphatic rings. The molecule has 1 aromatic heterocycles. The standard InChI is InChI=1S/C8H14N4O2/c1-2-5(4-13)10-8(14)6-3-7(9)12-11-6/h3,5,13H,2,4H2,1H3,(H,10,14)(H3,9,11,12). The van der Waals surface area contributed by atoms with Crippen LogP contribution in [0.25, 0.3) is 0 Å². The first kappa shape index (κ1) is 10.5. The van der Waals surface area contributed by atoms with Gasteiger partial charge in [-0.1, -0.05) is 6.92 Å². The highest BCUT2D eigenvalue weighted by Gasteiger charge is 2.12. The number of aliphatic hydroxyl groups excluding tert-OH is 1. The number of nitrogens with zero attached hydrogens (tertiary/aromatic N) is 1. The summed E-state index contributed by atoms with van der Waals surface area (Å²) in [4.78, 5) is 11.4. The third-order valence-corrected chi connectivity index (χ3v) is 1.89. The Hall–Kier alpha value is -1.56. The van der Waals surface area contributed by atoms with Crippen LogP contribution in [0.2, 0.25) is 0 Å². The van der Waals surface area contributed by atoms with Gasteiger partial charge in [0.1, 0.15) is 11.5 Å². The first-order chi connectivity index (χ1) is 6.67. The van der Waals surface area contributed by atoms with Crippen LogP contribution in [0.4, 0.5) is 5.82 Å². The monoisotopic (exact) mass is 198 g/mol. The maximum Gasteiger partial charge on any atom is 0.269 e. The van der Waals surface area contributed by atoms with Gasteiger partial charge < -0.3 is 16.2 Å².